The lowest BCUT2D eigenvalue weighted by atomic mass is 9.97. The van der Waals surface area contributed by atoms with Crippen LogP contribution < -0.4 is 5.32 Å². The highest BCUT2D eigenvalue weighted by Gasteiger charge is 2.18. The number of benzene rings is 1. The fourth-order valence-corrected chi connectivity index (χ4v) is 2.95. The maximum atomic E-state index is 3.61. The third-order valence-corrected chi connectivity index (χ3v) is 3.92. The second-order valence-electron chi connectivity index (χ2n) is 3.91. The van der Waals surface area contributed by atoms with Crippen molar-refractivity contribution in [2.45, 2.75) is 18.9 Å². The summed E-state index contributed by atoms with van der Waals surface area (Å²) in [7, 11) is 0. The standard InChI is InChI=1S/C13H13NS/c1-2-5-11-10(4-1)7-8-12(14-11)13-6-3-9-15-13/h1-6,9,12,14H,7-8H2. The first-order chi connectivity index (χ1) is 7.43. The number of hydrogen-bond acceptors (Lipinski definition) is 2. The van der Waals surface area contributed by atoms with Gasteiger partial charge in [0.2, 0.25) is 0 Å². The molecule has 0 saturated heterocycles. The summed E-state index contributed by atoms with van der Waals surface area (Å²) in [5.74, 6) is 0. The van der Waals surface area contributed by atoms with E-state index in [1.54, 1.807) is 0 Å². The van der Waals surface area contributed by atoms with Gasteiger partial charge in [0, 0.05) is 10.6 Å². The smallest absolute Gasteiger partial charge is 0.0609 e. The molecule has 76 valence electrons. The lowest BCUT2D eigenvalue weighted by Gasteiger charge is -2.26. The van der Waals surface area contributed by atoms with Crippen molar-refractivity contribution in [1.29, 1.82) is 0 Å². The molecule has 0 amide bonds. The minimum absolute atomic E-state index is 0.514. The maximum absolute atomic E-state index is 3.61. The number of fused-ring (bicyclic) bond motifs is 1. The Kier molecular flexibility index (Phi) is 2.22. The molecule has 1 aliphatic rings. The lowest BCUT2D eigenvalue weighted by molar-refractivity contribution is 0.678. The molecular formula is C13H13NS. The summed E-state index contributed by atoms with van der Waals surface area (Å²) < 4.78 is 0. The third kappa shape index (κ3) is 1.65. The van der Waals surface area contributed by atoms with Gasteiger partial charge in [-0.05, 0) is 35.9 Å². The van der Waals surface area contributed by atoms with Crippen LogP contribution in [0.4, 0.5) is 5.69 Å². The Hall–Kier alpha value is -1.28. The van der Waals surface area contributed by atoms with Crippen LogP contribution in [0.15, 0.2) is 41.8 Å². The van der Waals surface area contributed by atoms with Gasteiger partial charge in [0.1, 0.15) is 0 Å². The highest BCUT2D eigenvalue weighted by Crippen LogP contribution is 2.33. The average molecular weight is 215 g/mol. The van der Waals surface area contributed by atoms with Crippen LogP contribution in [0, 0.1) is 0 Å². The van der Waals surface area contributed by atoms with E-state index in [0.29, 0.717) is 6.04 Å². The second-order valence-corrected chi connectivity index (χ2v) is 4.89. The Labute approximate surface area is 93.8 Å². The molecule has 0 aliphatic carbocycles. The van der Waals surface area contributed by atoms with Crippen LogP contribution >= 0.6 is 11.3 Å². The molecule has 15 heavy (non-hydrogen) atoms. The van der Waals surface area contributed by atoms with Crippen molar-refractivity contribution in [3.05, 3.63) is 52.2 Å². The van der Waals surface area contributed by atoms with Crippen LogP contribution in [0.1, 0.15) is 22.9 Å². The number of rotatable bonds is 1. The van der Waals surface area contributed by atoms with Crippen molar-refractivity contribution in [1.82, 2.24) is 0 Å². The molecule has 2 aromatic rings. The quantitative estimate of drug-likeness (QED) is 0.762. The van der Waals surface area contributed by atoms with Gasteiger partial charge in [0.15, 0.2) is 0 Å². The largest absolute Gasteiger partial charge is 0.377 e. The SMILES string of the molecule is c1csc(C2CCc3ccccc3N2)c1. The minimum atomic E-state index is 0.514. The van der Waals surface area contributed by atoms with Gasteiger partial charge in [-0.3, -0.25) is 0 Å². The normalized spacial score (nSPS) is 19.3. The van der Waals surface area contributed by atoms with Gasteiger partial charge in [-0.15, -0.1) is 11.3 Å². The van der Waals surface area contributed by atoms with Crippen molar-refractivity contribution < 1.29 is 0 Å². The Balaban J connectivity index is 1.89. The number of aryl methyl sites for hydroxylation is 1. The molecule has 1 N–H and O–H groups in total. The molecule has 1 aliphatic heterocycles. The van der Waals surface area contributed by atoms with E-state index in [4.69, 9.17) is 0 Å². The van der Waals surface area contributed by atoms with E-state index >= 15 is 0 Å². The predicted octanol–water partition coefficient (Wildman–Crippen LogP) is 3.85. The summed E-state index contributed by atoms with van der Waals surface area (Å²) in [5, 5.41) is 5.76. The monoisotopic (exact) mass is 215 g/mol. The van der Waals surface area contributed by atoms with Crippen LogP contribution in [0.5, 0.6) is 0 Å². The Morgan fingerprint density at radius 3 is 2.93 bits per heavy atom. The Morgan fingerprint density at radius 1 is 1.13 bits per heavy atom. The molecule has 0 fully saturated rings. The first kappa shape index (κ1) is 8.98. The minimum Gasteiger partial charge on any atom is -0.377 e. The van der Waals surface area contributed by atoms with E-state index < -0.39 is 0 Å². The summed E-state index contributed by atoms with van der Waals surface area (Å²) in [6.45, 7) is 0. The second kappa shape index (κ2) is 3.70. The molecule has 1 nitrogen and oxygen atoms in total. The molecule has 1 unspecified atom stereocenters. The van der Waals surface area contributed by atoms with E-state index in [1.165, 1.54) is 29.0 Å². The molecule has 1 aromatic heterocycles. The van der Waals surface area contributed by atoms with Gasteiger partial charge in [0.25, 0.3) is 0 Å². The van der Waals surface area contributed by atoms with E-state index in [2.05, 4.69) is 47.1 Å². The van der Waals surface area contributed by atoms with E-state index in [1.807, 2.05) is 11.3 Å². The highest BCUT2D eigenvalue weighted by atomic mass is 32.1. The number of para-hydroxylation sites is 1. The van der Waals surface area contributed by atoms with Gasteiger partial charge in [0.05, 0.1) is 6.04 Å². The van der Waals surface area contributed by atoms with Gasteiger partial charge >= 0.3 is 0 Å². The molecule has 2 heterocycles. The first-order valence-corrected chi connectivity index (χ1v) is 6.19. The van der Waals surface area contributed by atoms with Crippen molar-refractivity contribution in [2.75, 3.05) is 5.32 Å². The van der Waals surface area contributed by atoms with Crippen LogP contribution in [-0.4, -0.2) is 0 Å². The third-order valence-electron chi connectivity index (χ3n) is 2.94. The predicted molar refractivity (Wildman–Crippen MR) is 65.4 cm³/mol. The summed E-state index contributed by atoms with van der Waals surface area (Å²) in [6.07, 6.45) is 2.39. The van der Waals surface area contributed by atoms with Crippen LogP contribution in [-0.2, 0) is 6.42 Å². The number of anilines is 1. The van der Waals surface area contributed by atoms with Crippen LogP contribution in [0.3, 0.4) is 0 Å². The summed E-state index contributed by atoms with van der Waals surface area (Å²) in [5.41, 5.74) is 2.76. The van der Waals surface area contributed by atoms with Gasteiger partial charge in [-0.2, -0.15) is 0 Å². The lowest BCUT2D eigenvalue weighted by Crippen LogP contribution is -2.16. The maximum Gasteiger partial charge on any atom is 0.0609 e. The zero-order chi connectivity index (χ0) is 10.1. The van der Waals surface area contributed by atoms with E-state index in [9.17, 15) is 0 Å². The zero-order valence-electron chi connectivity index (χ0n) is 8.44. The first-order valence-electron chi connectivity index (χ1n) is 5.31. The topological polar surface area (TPSA) is 12.0 Å². The fourth-order valence-electron chi connectivity index (χ4n) is 2.14. The molecule has 0 saturated carbocycles. The molecule has 3 rings (SSSR count). The zero-order valence-corrected chi connectivity index (χ0v) is 9.26. The summed E-state index contributed by atoms with van der Waals surface area (Å²) in [4.78, 5) is 1.45. The van der Waals surface area contributed by atoms with Crippen molar-refractivity contribution in [2.24, 2.45) is 0 Å². The van der Waals surface area contributed by atoms with Gasteiger partial charge in [-0.25, -0.2) is 0 Å². The molecule has 0 bridgehead atoms. The number of hydrogen-bond donors (Lipinski definition) is 1. The molecule has 0 radical (unpaired) electrons. The molecule has 0 spiro atoms. The van der Waals surface area contributed by atoms with Crippen LogP contribution in [0.2, 0.25) is 0 Å². The Bertz CT molecular complexity index is 447. The molecule has 1 atom stereocenters. The van der Waals surface area contributed by atoms with Gasteiger partial charge < -0.3 is 5.32 Å². The van der Waals surface area contributed by atoms with E-state index in [-0.39, 0.29) is 0 Å². The molecular weight excluding hydrogens is 202 g/mol. The van der Waals surface area contributed by atoms with Gasteiger partial charge in [-0.1, -0.05) is 24.3 Å². The Morgan fingerprint density at radius 2 is 2.07 bits per heavy atom. The molecule has 2 heteroatoms. The summed E-state index contributed by atoms with van der Waals surface area (Å²) in [6, 6.07) is 13.5. The number of thiophene rings is 1. The van der Waals surface area contributed by atoms with Crippen molar-refractivity contribution in [3.63, 3.8) is 0 Å². The van der Waals surface area contributed by atoms with Crippen molar-refractivity contribution >= 4 is 17.0 Å². The van der Waals surface area contributed by atoms with Crippen LogP contribution in [0.25, 0.3) is 0 Å². The average Bonchev–Trinajstić information content (AvgIpc) is 2.82. The summed E-state index contributed by atoms with van der Waals surface area (Å²) >= 11 is 1.84. The highest BCUT2D eigenvalue weighted by molar-refractivity contribution is 7.10. The number of nitrogens with one attached hydrogen (secondary N) is 1. The molecule has 1 aromatic carbocycles. The van der Waals surface area contributed by atoms with Crippen molar-refractivity contribution in [3.8, 4) is 0 Å². The van der Waals surface area contributed by atoms with E-state index in [0.717, 1.165) is 0 Å². The fraction of sp³-hybridized carbons (Fsp3) is 0.231.